The maximum atomic E-state index is 12.9. The monoisotopic (exact) mass is 840 g/mol. The fraction of sp³-hybridized carbons (Fsp3) is 0.857. The molecule has 8 nitrogen and oxygen atoms in total. The predicted molar refractivity (Wildman–Crippen MR) is 249 cm³/mol. The summed E-state index contributed by atoms with van der Waals surface area (Å²) >= 11 is 0. The highest BCUT2D eigenvalue weighted by molar-refractivity contribution is 7.47. The molecular weight excluding hydrogens is 744 g/mol. The Bertz CT molecular complexity index is 1040. The van der Waals surface area contributed by atoms with Crippen molar-refractivity contribution in [3.8, 4) is 0 Å². The lowest BCUT2D eigenvalue weighted by Gasteiger charge is -2.25. The zero-order valence-corrected chi connectivity index (χ0v) is 39.7. The summed E-state index contributed by atoms with van der Waals surface area (Å²) in [6.45, 7) is 4.80. The minimum atomic E-state index is -4.34. The van der Waals surface area contributed by atoms with E-state index < -0.39 is 20.0 Å². The van der Waals surface area contributed by atoms with Crippen LogP contribution >= 0.6 is 7.82 Å². The topological polar surface area (TPSA) is 105 Å². The molecule has 3 atom stereocenters. The van der Waals surface area contributed by atoms with Crippen LogP contribution in [0, 0.1) is 0 Å². The lowest BCUT2D eigenvalue weighted by atomic mass is 10.0. The number of carbonyl (C=O) groups is 1. The molecule has 0 fully saturated rings. The number of phosphoric ester groups is 1. The number of allylic oxidation sites excluding steroid dienone is 5. The molecule has 0 rings (SSSR count). The van der Waals surface area contributed by atoms with Gasteiger partial charge in [0.05, 0.1) is 39.9 Å². The number of hydrogen-bond acceptors (Lipinski definition) is 5. The van der Waals surface area contributed by atoms with Crippen LogP contribution in [-0.4, -0.2) is 73.4 Å². The number of aliphatic hydroxyl groups excluding tert-OH is 1. The summed E-state index contributed by atoms with van der Waals surface area (Å²) in [6, 6.07) is -0.847. The number of phosphoric acid groups is 1. The molecule has 0 aromatic carbocycles. The molecule has 1 amide bonds. The van der Waals surface area contributed by atoms with E-state index in [0.717, 1.165) is 44.9 Å². The molecule has 0 heterocycles. The van der Waals surface area contributed by atoms with E-state index in [9.17, 15) is 19.4 Å². The Labute approximate surface area is 359 Å². The Morgan fingerprint density at radius 3 is 1.45 bits per heavy atom. The molecule has 0 radical (unpaired) electrons. The minimum absolute atomic E-state index is 0.0607. The minimum Gasteiger partial charge on any atom is -0.387 e. The Balaban J connectivity index is 4.36. The van der Waals surface area contributed by atoms with E-state index in [4.69, 9.17) is 9.05 Å². The van der Waals surface area contributed by atoms with Gasteiger partial charge in [-0.1, -0.05) is 198 Å². The molecule has 0 aliphatic rings. The first-order chi connectivity index (χ1) is 28.0. The van der Waals surface area contributed by atoms with Crippen molar-refractivity contribution in [2.45, 2.75) is 231 Å². The number of nitrogens with one attached hydrogen (secondary N) is 1. The quantitative estimate of drug-likeness (QED) is 0.0244. The number of likely N-dealkylation sites (N-methyl/N-ethyl adjacent to an activating group) is 1. The van der Waals surface area contributed by atoms with Gasteiger partial charge in [0.25, 0.3) is 0 Å². The number of carbonyl (C=O) groups excluding carboxylic acids is 1. The Morgan fingerprint density at radius 1 is 0.586 bits per heavy atom. The van der Waals surface area contributed by atoms with E-state index in [0.29, 0.717) is 17.4 Å². The fourth-order valence-electron chi connectivity index (χ4n) is 6.95. The highest BCUT2D eigenvalue weighted by Crippen LogP contribution is 2.43. The largest absolute Gasteiger partial charge is 0.472 e. The molecule has 0 spiro atoms. The van der Waals surface area contributed by atoms with Gasteiger partial charge in [-0.05, 0) is 51.4 Å². The van der Waals surface area contributed by atoms with E-state index in [1.807, 2.05) is 27.2 Å². The van der Waals surface area contributed by atoms with Crippen LogP contribution in [0.3, 0.4) is 0 Å². The van der Waals surface area contributed by atoms with E-state index in [1.54, 1.807) is 6.08 Å². The van der Waals surface area contributed by atoms with Crippen LogP contribution in [0.15, 0.2) is 36.5 Å². The number of rotatable bonds is 44. The number of aliphatic hydroxyl groups is 1. The van der Waals surface area contributed by atoms with Gasteiger partial charge in [-0.25, -0.2) is 4.57 Å². The predicted octanol–water partition coefficient (Wildman–Crippen LogP) is 13.9. The smallest absolute Gasteiger partial charge is 0.387 e. The number of unbranched alkanes of at least 4 members (excludes halogenated alkanes) is 27. The molecule has 3 N–H and O–H groups in total. The van der Waals surface area contributed by atoms with Gasteiger partial charge in [0, 0.05) is 6.42 Å². The zero-order valence-electron chi connectivity index (χ0n) is 38.8. The molecule has 0 aliphatic heterocycles. The van der Waals surface area contributed by atoms with Crippen molar-refractivity contribution < 1.29 is 32.9 Å². The van der Waals surface area contributed by atoms with Crippen molar-refractivity contribution in [3.05, 3.63) is 36.5 Å². The van der Waals surface area contributed by atoms with E-state index in [-0.39, 0.29) is 19.1 Å². The first-order valence-corrected chi connectivity index (χ1v) is 25.9. The molecule has 0 aromatic heterocycles. The molecule has 58 heavy (non-hydrogen) atoms. The molecule has 0 saturated heterocycles. The summed E-state index contributed by atoms with van der Waals surface area (Å²) < 4.78 is 23.6. The van der Waals surface area contributed by atoms with Gasteiger partial charge in [-0.3, -0.25) is 13.8 Å². The van der Waals surface area contributed by atoms with Crippen molar-refractivity contribution in [2.75, 3.05) is 40.9 Å². The summed E-state index contributed by atoms with van der Waals surface area (Å²) in [4.78, 5) is 23.2. The molecule has 9 heteroatoms. The second-order valence-electron chi connectivity index (χ2n) is 17.8. The van der Waals surface area contributed by atoms with Crippen LogP contribution in [0.1, 0.15) is 219 Å². The average molecular weight is 840 g/mol. The van der Waals surface area contributed by atoms with Crippen LogP contribution in [-0.2, 0) is 18.4 Å². The van der Waals surface area contributed by atoms with Crippen LogP contribution in [0.5, 0.6) is 0 Å². The third kappa shape index (κ3) is 42.8. The molecule has 342 valence electrons. The summed E-state index contributed by atoms with van der Waals surface area (Å²) in [5.41, 5.74) is 0. The summed E-state index contributed by atoms with van der Waals surface area (Å²) in [7, 11) is 1.57. The SMILES string of the molecule is CCCCC/C=C\C/C=C\CCCCCCCCCCCC(=O)NC(COP(=O)(O)OCC[N+](C)(C)C)C(O)/C=C/CCCCCCCCCCCCCCCCC. The number of nitrogens with zero attached hydrogens (tertiary/aromatic N) is 1. The Hall–Kier alpha value is -1.28. The number of amides is 1. The second kappa shape index (κ2) is 41.1. The third-order valence-corrected chi connectivity index (χ3v) is 11.8. The summed E-state index contributed by atoms with van der Waals surface area (Å²) in [5.74, 6) is -0.181. The lowest BCUT2D eigenvalue weighted by molar-refractivity contribution is -0.870. The van der Waals surface area contributed by atoms with Gasteiger partial charge in [-0.2, -0.15) is 0 Å². The van der Waals surface area contributed by atoms with Gasteiger partial charge in [0.2, 0.25) is 5.91 Å². The molecular formula is C49H96N2O6P+. The number of hydrogen-bond donors (Lipinski definition) is 3. The van der Waals surface area contributed by atoms with Crippen molar-refractivity contribution >= 4 is 13.7 Å². The highest BCUT2D eigenvalue weighted by Gasteiger charge is 2.27. The normalized spacial score (nSPS) is 14.5. The molecule has 3 unspecified atom stereocenters. The maximum absolute atomic E-state index is 12.9. The van der Waals surface area contributed by atoms with Crippen molar-refractivity contribution in [1.29, 1.82) is 0 Å². The molecule has 0 aliphatic carbocycles. The standard InChI is InChI=1S/C49H95N2O6P/c1-6-8-10-12-14-16-18-20-22-24-25-27-29-31-33-35-37-39-41-43-49(53)50-47(46-57-58(54,55)56-45-44-51(3,4)5)48(52)42-40-38-36-34-32-30-28-26-23-21-19-17-15-13-11-9-7-2/h14,16,20,22,40,42,47-48,52H,6-13,15,17-19,21,23-39,41,43-46H2,1-5H3,(H-,50,53,54,55)/p+1/b16-14-,22-20-,42-40+. The number of quaternary nitrogens is 1. The molecule has 0 aromatic rings. The first-order valence-electron chi connectivity index (χ1n) is 24.4. The van der Waals surface area contributed by atoms with Gasteiger partial charge in [-0.15, -0.1) is 0 Å². The average Bonchev–Trinajstić information content (AvgIpc) is 3.17. The second-order valence-corrected chi connectivity index (χ2v) is 19.3. The Kier molecular flexibility index (Phi) is 40.2. The summed E-state index contributed by atoms with van der Waals surface area (Å²) in [5, 5.41) is 13.9. The van der Waals surface area contributed by atoms with Gasteiger partial charge in [0.1, 0.15) is 13.2 Å². The maximum Gasteiger partial charge on any atom is 0.472 e. The van der Waals surface area contributed by atoms with Crippen LogP contribution in [0.2, 0.25) is 0 Å². The molecule has 0 saturated carbocycles. The van der Waals surface area contributed by atoms with Crippen LogP contribution < -0.4 is 5.32 Å². The van der Waals surface area contributed by atoms with Crippen LogP contribution in [0.4, 0.5) is 0 Å². The van der Waals surface area contributed by atoms with Crippen molar-refractivity contribution in [1.82, 2.24) is 5.32 Å². The Morgan fingerprint density at radius 2 is 0.983 bits per heavy atom. The first kappa shape index (κ1) is 56.7. The van der Waals surface area contributed by atoms with E-state index in [1.165, 1.54) is 154 Å². The third-order valence-electron chi connectivity index (χ3n) is 10.9. The zero-order chi connectivity index (χ0) is 42.8. The molecule has 0 bridgehead atoms. The lowest BCUT2D eigenvalue weighted by Crippen LogP contribution is -2.45. The van der Waals surface area contributed by atoms with E-state index >= 15 is 0 Å². The fourth-order valence-corrected chi connectivity index (χ4v) is 7.69. The van der Waals surface area contributed by atoms with Gasteiger partial charge in [0.15, 0.2) is 0 Å². The van der Waals surface area contributed by atoms with Gasteiger partial charge < -0.3 is 19.8 Å². The summed E-state index contributed by atoms with van der Waals surface area (Å²) in [6.07, 6.45) is 50.6. The van der Waals surface area contributed by atoms with Crippen molar-refractivity contribution in [2.24, 2.45) is 0 Å². The van der Waals surface area contributed by atoms with E-state index in [2.05, 4.69) is 43.5 Å². The van der Waals surface area contributed by atoms with Crippen LogP contribution in [0.25, 0.3) is 0 Å². The van der Waals surface area contributed by atoms with Crippen molar-refractivity contribution in [3.63, 3.8) is 0 Å². The highest BCUT2D eigenvalue weighted by atomic mass is 31.2. The van der Waals surface area contributed by atoms with Gasteiger partial charge >= 0.3 is 7.82 Å².